The lowest BCUT2D eigenvalue weighted by atomic mass is 9.67. The van der Waals surface area contributed by atoms with Gasteiger partial charge < -0.3 is 24.4 Å². The van der Waals surface area contributed by atoms with Gasteiger partial charge in [0.15, 0.2) is 0 Å². The van der Waals surface area contributed by atoms with Crippen LogP contribution in [-0.4, -0.2) is 83.6 Å². The third-order valence-electron chi connectivity index (χ3n) is 7.08. The first-order valence-electron chi connectivity index (χ1n) is 10.8. The first-order chi connectivity index (χ1) is 14.0. The van der Waals surface area contributed by atoms with Crippen molar-refractivity contribution >= 4 is 11.8 Å². The second-order valence-electron chi connectivity index (χ2n) is 8.95. The monoisotopic (exact) mass is 403 g/mol. The number of carbonyl (C=O) groups is 2. The molecule has 0 bridgehead atoms. The summed E-state index contributed by atoms with van der Waals surface area (Å²) < 4.78 is 7.22. The average Bonchev–Trinajstić information content (AvgIpc) is 3.18. The summed E-state index contributed by atoms with van der Waals surface area (Å²) >= 11 is 0. The van der Waals surface area contributed by atoms with Crippen LogP contribution < -0.4 is 5.32 Å². The van der Waals surface area contributed by atoms with Gasteiger partial charge in [-0.1, -0.05) is 0 Å². The van der Waals surface area contributed by atoms with Crippen LogP contribution >= 0.6 is 0 Å². The lowest BCUT2D eigenvalue weighted by Gasteiger charge is -2.53. The molecular formula is C21H33N5O3. The zero-order valence-corrected chi connectivity index (χ0v) is 17.6. The highest BCUT2D eigenvalue weighted by Crippen LogP contribution is 2.42. The van der Waals surface area contributed by atoms with E-state index in [-0.39, 0.29) is 17.9 Å². The van der Waals surface area contributed by atoms with Crippen LogP contribution in [0.1, 0.15) is 42.6 Å². The van der Waals surface area contributed by atoms with Gasteiger partial charge in [-0.05, 0) is 51.6 Å². The summed E-state index contributed by atoms with van der Waals surface area (Å²) in [5, 5.41) is 3.27. The van der Waals surface area contributed by atoms with E-state index < -0.39 is 5.41 Å². The minimum absolute atomic E-state index is 0.0409. The summed E-state index contributed by atoms with van der Waals surface area (Å²) in [6.07, 6.45) is 8.07. The van der Waals surface area contributed by atoms with Gasteiger partial charge in [0.2, 0.25) is 5.91 Å². The maximum Gasteiger partial charge on any atom is 0.274 e. The molecule has 0 unspecified atom stereocenters. The molecule has 8 heteroatoms. The molecule has 2 atom stereocenters. The number of hydrogen-bond donors (Lipinski definition) is 1. The number of hydrogen-bond acceptors (Lipinski definition) is 5. The topological polar surface area (TPSA) is 79.7 Å². The lowest BCUT2D eigenvalue weighted by molar-refractivity contribution is -0.143. The maximum atomic E-state index is 13.4. The fourth-order valence-corrected chi connectivity index (χ4v) is 5.24. The highest BCUT2D eigenvalue weighted by Gasteiger charge is 2.52. The van der Waals surface area contributed by atoms with E-state index in [4.69, 9.17) is 4.74 Å². The Bertz CT molecular complexity index is 744. The minimum atomic E-state index is -0.404. The van der Waals surface area contributed by atoms with E-state index in [0.29, 0.717) is 31.1 Å². The highest BCUT2D eigenvalue weighted by molar-refractivity contribution is 5.92. The number of imidazole rings is 1. The minimum Gasteiger partial charge on any atom is -0.381 e. The van der Waals surface area contributed by atoms with E-state index in [1.807, 2.05) is 11.9 Å². The number of aryl methyl sites for hydroxylation is 1. The normalized spacial score (nSPS) is 28.8. The third-order valence-corrected chi connectivity index (χ3v) is 7.08. The number of amides is 2. The maximum absolute atomic E-state index is 13.4. The van der Waals surface area contributed by atoms with Crippen LogP contribution in [0.15, 0.2) is 12.5 Å². The Morgan fingerprint density at radius 3 is 2.76 bits per heavy atom. The Morgan fingerprint density at radius 2 is 2.03 bits per heavy atom. The summed E-state index contributed by atoms with van der Waals surface area (Å²) in [4.78, 5) is 34.7. The van der Waals surface area contributed by atoms with Crippen LogP contribution in [0.25, 0.3) is 0 Å². The molecule has 1 aromatic rings. The number of ether oxygens (including phenoxy) is 1. The van der Waals surface area contributed by atoms with Crippen molar-refractivity contribution in [3.63, 3.8) is 0 Å². The molecule has 0 aromatic carbocycles. The van der Waals surface area contributed by atoms with Crippen molar-refractivity contribution in [3.8, 4) is 0 Å². The number of likely N-dealkylation sites (tertiary alicyclic amines) is 2. The first-order valence-corrected chi connectivity index (χ1v) is 10.8. The van der Waals surface area contributed by atoms with Gasteiger partial charge in [-0.2, -0.15) is 0 Å². The van der Waals surface area contributed by atoms with Crippen molar-refractivity contribution in [1.82, 2.24) is 24.7 Å². The van der Waals surface area contributed by atoms with Crippen LogP contribution in [0.2, 0.25) is 0 Å². The number of rotatable bonds is 4. The van der Waals surface area contributed by atoms with Crippen molar-refractivity contribution in [2.75, 3.05) is 46.4 Å². The number of carbonyl (C=O) groups excluding carboxylic acids is 2. The number of piperidine rings is 2. The molecule has 8 nitrogen and oxygen atoms in total. The Morgan fingerprint density at radius 1 is 1.24 bits per heavy atom. The van der Waals surface area contributed by atoms with Gasteiger partial charge in [-0.25, -0.2) is 4.98 Å². The summed E-state index contributed by atoms with van der Waals surface area (Å²) in [7, 11) is 3.95. The van der Waals surface area contributed by atoms with Gasteiger partial charge in [0, 0.05) is 52.1 Å². The van der Waals surface area contributed by atoms with Crippen LogP contribution in [0.3, 0.4) is 0 Å². The predicted molar refractivity (Wildman–Crippen MR) is 108 cm³/mol. The molecule has 3 saturated heterocycles. The second-order valence-corrected chi connectivity index (χ2v) is 8.95. The third kappa shape index (κ3) is 4.05. The van der Waals surface area contributed by atoms with E-state index in [2.05, 4.69) is 22.2 Å². The van der Waals surface area contributed by atoms with Crippen LogP contribution in [0.4, 0.5) is 0 Å². The number of nitrogens with zero attached hydrogens (tertiary/aromatic N) is 4. The molecule has 2 amide bonds. The van der Waals surface area contributed by atoms with Crippen LogP contribution in [0.5, 0.6) is 0 Å². The Hall–Kier alpha value is -1.93. The summed E-state index contributed by atoms with van der Waals surface area (Å²) in [6, 6.07) is 0.0485. The largest absolute Gasteiger partial charge is 0.381 e. The fraction of sp³-hybridized carbons (Fsp3) is 0.762. The van der Waals surface area contributed by atoms with Gasteiger partial charge in [0.05, 0.1) is 11.7 Å². The molecule has 1 N–H and O–H groups in total. The van der Waals surface area contributed by atoms with Crippen molar-refractivity contribution in [3.05, 3.63) is 18.2 Å². The molecule has 0 spiro atoms. The zero-order chi connectivity index (χ0) is 20.4. The molecule has 3 fully saturated rings. The van der Waals surface area contributed by atoms with E-state index >= 15 is 0 Å². The lowest BCUT2D eigenvalue weighted by Crippen LogP contribution is -2.65. The Labute approximate surface area is 172 Å². The fourth-order valence-electron chi connectivity index (χ4n) is 5.24. The molecule has 0 aliphatic carbocycles. The molecule has 4 heterocycles. The molecule has 1 aromatic heterocycles. The number of fused-ring (bicyclic) bond motifs is 1. The van der Waals surface area contributed by atoms with Gasteiger partial charge in [-0.3, -0.25) is 9.59 Å². The number of aromatic nitrogens is 2. The average molecular weight is 404 g/mol. The van der Waals surface area contributed by atoms with Crippen molar-refractivity contribution in [2.24, 2.45) is 18.4 Å². The Kier molecular flexibility index (Phi) is 5.92. The van der Waals surface area contributed by atoms with E-state index in [0.717, 1.165) is 52.0 Å². The first kappa shape index (κ1) is 20.3. The van der Waals surface area contributed by atoms with E-state index in [1.165, 1.54) is 0 Å². The quantitative estimate of drug-likeness (QED) is 0.808. The van der Waals surface area contributed by atoms with E-state index in [1.54, 1.807) is 17.1 Å². The van der Waals surface area contributed by atoms with Gasteiger partial charge in [-0.15, -0.1) is 0 Å². The van der Waals surface area contributed by atoms with Crippen LogP contribution in [-0.2, 0) is 16.6 Å². The second kappa shape index (κ2) is 8.44. The molecule has 0 saturated carbocycles. The predicted octanol–water partition coefficient (Wildman–Crippen LogP) is 0.889. The number of nitrogens with one attached hydrogen (secondary N) is 1. The van der Waals surface area contributed by atoms with Crippen molar-refractivity contribution < 1.29 is 14.3 Å². The van der Waals surface area contributed by atoms with Crippen molar-refractivity contribution in [2.45, 2.75) is 38.1 Å². The standard InChI is InChI=1S/C21H33N5O3/c1-24-13-17(23-15-24)19(27)26-9-7-21(6-3-8-25(2)18(21)14-26)20(28)22-12-16-4-10-29-11-5-16/h13,15-16,18H,3-12,14H2,1-2H3,(H,22,28)/t18-,21+/m0/s1. The van der Waals surface area contributed by atoms with E-state index in [9.17, 15) is 9.59 Å². The molecule has 3 aliphatic heterocycles. The van der Waals surface area contributed by atoms with Gasteiger partial charge in [0.25, 0.3) is 5.91 Å². The summed E-state index contributed by atoms with van der Waals surface area (Å²) in [5.74, 6) is 0.640. The molecular weight excluding hydrogens is 370 g/mol. The zero-order valence-electron chi connectivity index (χ0n) is 17.6. The molecule has 0 radical (unpaired) electrons. The van der Waals surface area contributed by atoms with Gasteiger partial charge in [0.1, 0.15) is 5.69 Å². The van der Waals surface area contributed by atoms with Gasteiger partial charge >= 0.3 is 0 Å². The SMILES string of the molecule is CN1CCC[C@@]2(C(=O)NCC3CCOCC3)CCN(C(=O)c3cn(C)cn3)C[C@H]12. The molecule has 3 aliphatic rings. The smallest absolute Gasteiger partial charge is 0.274 e. The molecule has 29 heavy (non-hydrogen) atoms. The summed E-state index contributed by atoms with van der Waals surface area (Å²) in [5.41, 5.74) is 0.0708. The highest BCUT2D eigenvalue weighted by atomic mass is 16.5. The Balaban J connectivity index is 1.45. The van der Waals surface area contributed by atoms with Crippen LogP contribution in [0, 0.1) is 11.3 Å². The molecule has 4 rings (SSSR count). The number of likely N-dealkylation sites (N-methyl/N-ethyl adjacent to an activating group) is 1. The molecule has 160 valence electrons. The van der Waals surface area contributed by atoms with Crippen molar-refractivity contribution in [1.29, 1.82) is 0 Å². The summed E-state index contributed by atoms with van der Waals surface area (Å²) in [6.45, 7) is 4.46.